The zero-order valence-electron chi connectivity index (χ0n) is 15.8. The minimum atomic E-state index is -0.240. The Bertz CT molecular complexity index is 1220. The van der Waals surface area contributed by atoms with E-state index in [0.29, 0.717) is 43.3 Å². The van der Waals surface area contributed by atoms with Gasteiger partial charge in [-0.2, -0.15) is 0 Å². The average molecular weight is 429 g/mol. The summed E-state index contributed by atoms with van der Waals surface area (Å²) < 4.78 is 6.85. The van der Waals surface area contributed by atoms with Crippen LogP contribution in [-0.4, -0.2) is 26.9 Å². The summed E-state index contributed by atoms with van der Waals surface area (Å²) in [7, 11) is 1.60. The SMILES string of the molecule is COc1ccc(-n2cc3nc(C)c(CO)c(-c4ccc(Cl)cc4Cl)c3c2O)cc1. The standard InChI is InChI=1S/C22H18Cl2N2O3/c1-12-17(11-27)20(16-8-3-13(23)9-18(16)24)21-19(25-12)10-26(22(21)28)14-4-6-15(29-2)7-5-14/h3-10,27-28H,11H2,1-2H3. The van der Waals surface area contributed by atoms with E-state index >= 15 is 0 Å². The van der Waals surface area contributed by atoms with Gasteiger partial charge in [0, 0.05) is 44.3 Å². The minimum Gasteiger partial charge on any atom is -0.497 e. The molecule has 2 aromatic heterocycles. The molecular formula is C22H18Cl2N2O3. The third-order valence-electron chi connectivity index (χ3n) is 4.95. The first-order valence-corrected chi connectivity index (χ1v) is 9.64. The second kappa shape index (κ2) is 7.59. The molecule has 0 aliphatic rings. The number of nitrogens with zero attached hydrogens (tertiary/aromatic N) is 2. The zero-order chi connectivity index (χ0) is 20.7. The molecule has 7 heteroatoms. The van der Waals surface area contributed by atoms with Crippen molar-refractivity contribution in [1.29, 1.82) is 0 Å². The lowest BCUT2D eigenvalue weighted by atomic mass is 9.96. The van der Waals surface area contributed by atoms with E-state index in [1.54, 1.807) is 36.1 Å². The highest BCUT2D eigenvalue weighted by Crippen LogP contribution is 2.43. The molecule has 0 saturated heterocycles. The summed E-state index contributed by atoms with van der Waals surface area (Å²) in [5.74, 6) is 0.725. The fourth-order valence-corrected chi connectivity index (χ4v) is 4.01. The summed E-state index contributed by atoms with van der Waals surface area (Å²) in [6.45, 7) is 1.58. The third kappa shape index (κ3) is 3.31. The van der Waals surface area contributed by atoms with Gasteiger partial charge in [0.2, 0.25) is 5.88 Å². The average Bonchev–Trinajstić information content (AvgIpc) is 3.03. The number of aromatic hydroxyl groups is 1. The highest BCUT2D eigenvalue weighted by molar-refractivity contribution is 6.36. The van der Waals surface area contributed by atoms with Gasteiger partial charge < -0.3 is 14.9 Å². The molecule has 0 aliphatic heterocycles. The molecule has 0 radical (unpaired) electrons. The van der Waals surface area contributed by atoms with Crippen LogP contribution in [0.4, 0.5) is 0 Å². The maximum atomic E-state index is 11.1. The van der Waals surface area contributed by atoms with Crippen LogP contribution in [-0.2, 0) is 6.61 Å². The lowest BCUT2D eigenvalue weighted by molar-refractivity contribution is 0.281. The fourth-order valence-electron chi connectivity index (χ4n) is 3.51. The second-order valence-electron chi connectivity index (χ2n) is 6.61. The van der Waals surface area contributed by atoms with Crippen molar-refractivity contribution >= 4 is 34.1 Å². The van der Waals surface area contributed by atoms with Crippen LogP contribution in [0.5, 0.6) is 11.6 Å². The van der Waals surface area contributed by atoms with Crippen LogP contribution in [0.3, 0.4) is 0 Å². The van der Waals surface area contributed by atoms with E-state index in [9.17, 15) is 10.2 Å². The van der Waals surface area contributed by atoms with Gasteiger partial charge in [0.25, 0.3) is 0 Å². The van der Waals surface area contributed by atoms with Crippen LogP contribution in [0.1, 0.15) is 11.3 Å². The molecular weight excluding hydrogens is 411 g/mol. The molecule has 0 bridgehead atoms. The molecule has 29 heavy (non-hydrogen) atoms. The molecule has 2 heterocycles. The number of rotatable bonds is 4. The Kier molecular flexibility index (Phi) is 5.13. The number of pyridine rings is 1. The van der Waals surface area contributed by atoms with Gasteiger partial charge in [-0.3, -0.25) is 9.55 Å². The Morgan fingerprint density at radius 1 is 1.10 bits per heavy atom. The van der Waals surface area contributed by atoms with Crippen molar-refractivity contribution in [2.45, 2.75) is 13.5 Å². The molecule has 0 atom stereocenters. The van der Waals surface area contributed by atoms with Crippen molar-refractivity contribution in [2.75, 3.05) is 7.11 Å². The molecule has 0 fully saturated rings. The molecule has 0 amide bonds. The van der Waals surface area contributed by atoms with E-state index < -0.39 is 0 Å². The number of hydrogen-bond acceptors (Lipinski definition) is 4. The first-order chi connectivity index (χ1) is 13.9. The van der Waals surface area contributed by atoms with Crippen LogP contribution in [0.15, 0.2) is 48.7 Å². The van der Waals surface area contributed by atoms with E-state index in [-0.39, 0.29) is 12.5 Å². The number of benzene rings is 2. The van der Waals surface area contributed by atoms with Crippen molar-refractivity contribution in [3.63, 3.8) is 0 Å². The van der Waals surface area contributed by atoms with Crippen molar-refractivity contribution in [3.05, 3.63) is 70.0 Å². The zero-order valence-corrected chi connectivity index (χ0v) is 17.3. The van der Waals surface area contributed by atoms with Crippen LogP contribution in [0, 0.1) is 6.92 Å². The third-order valence-corrected chi connectivity index (χ3v) is 5.49. The van der Waals surface area contributed by atoms with Crippen LogP contribution in [0.25, 0.3) is 27.7 Å². The second-order valence-corrected chi connectivity index (χ2v) is 7.46. The Labute approximate surface area is 177 Å². The fraction of sp³-hybridized carbons (Fsp3) is 0.136. The molecule has 4 aromatic rings. The van der Waals surface area contributed by atoms with E-state index in [4.69, 9.17) is 27.9 Å². The van der Waals surface area contributed by atoms with Gasteiger partial charge in [0.1, 0.15) is 5.75 Å². The van der Waals surface area contributed by atoms with E-state index in [1.807, 2.05) is 31.2 Å². The number of aliphatic hydroxyl groups is 1. The van der Waals surface area contributed by atoms with Crippen molar-refractivity contribution in [2.24, 2.45) is 0 Å². The Morgan fingerprint density at radius 3 is 2.45 bits per heavy atom. The number of hydrogen-bond donors (Lipinski definition) is 2. The smallest absolute Gasteiger partial charge is 0.206 e. The first kappa shape index (κ1) is 19.6. The van der Waals surface area contributed by atoms with E-state index in [1.165, 1.54) is 0 Å². The summed E-state index contributed by atoms with van der Waals surface area (Å²) in [5, 5.41) is 22.6. The summed E-state index contributed by atoms with van der Waals surface area (Å²) >= 11 is 12.5. The molecule has 0 saturated carbocycles. The molecule has 2 N–H and O–H groups in total. The van der Waals surface area contributed by atoms with Crippen LogP contribution in [0.2, 0.25) is 10.0 Å². The van der Waals surface area contributed by atoms with Gasteiger partial charge in [-0.1, -0.05) is 29.3 Å². The topological polar surface area (TPSA) is 67.5 Å². The molecule has 2 aromatic carbocycles. The largest absolute Gasteiger partial charge is 0.497 e. The number of aromatic nitrogens is 2. The van der Waals surface area contributed by atoms with Gasteiger partial charge in [0.15, 0.2) is 0 Å². The lowest BCUT2D eigenvalue weighted by Gasteiger charge is -2.14. The molecule has 5 nitrogen and oxygen atoms in total. The molecule has 0 unspecified atom stereocenters. The maximum absolute atomic E-state index is 11.1. The number of aliphatic hydroxyl groups excluding tert-OH is 1. The van der Waals surface area contributed by atoms with Crippen molar-refractivity contribution in [1.82, 2.24) is 9.55 Å². The predicted octanol–water partition coefficient (Wildman–Crippen LogP) is 5.51. The molecule has 0 aliphatic carbocycles. The van der Waals surface area contributed by atoms with Gasteiger partial charge in [-0.15, -0.1) is 0 Å². The number of fused-ring (bicyclic) bond motifs is 1. The Balaban J connectivity index is 2.04. The lowest BCUT2D eigenvalue weighted by Crippen LogP contribution is -1.98. The Hall–Kier alpha value is -2.73. The normalized spacial score (nSPS) is 11.2. The monoisotopic (exact) mass is 428 g/mol. The number of halogens is 2. The van der Waals surface area contributed by atoms with E-state index in [2.05, 4.69) is 4.98 Å². The number of aryl methyl sites for hydroxylation is 1. The predicted molar refractivity (Wildman–Crippen MR) is 115 cm³/mol. The van der Waals surface area contributed by atoms with Gasteiger partial charge in [-0.25, -0.2) is 0 Å². The molecule has 148 valence electrons. The summed E-state index contributed by atoms with van der Waals surface area (Å²) in [6, 6.07) is 12.4. The molecule has 0 spiro atoms. The highest BCUT2D eigenvalue weighted by atomic mass is 35.5. The number of methoxy groups -OCH3 is 1. The van der Waals surface area contributed by atoms with Crippen LogP contribution < -0.4 is 4.74 Å². The molecule has 4 rings (SSSR count). The summed E-state index contributed by atoms with van der Waals surface area (Å²) in [6.07, 6.45) is 1.76. The Morgan fingerprint density at radius 2 is 1.83 bits per heavy atom. The van der Waals surface area contributed by atoms with Crippen molar-refractivity contribution in [3.8, 4) is 28.4 Å². The van der Waals surface area contributed by atoms with Crippen molar-refractivity contribution < 1.29 is 14.9 Å². The van der Waals surface area contributed by atoms with E-state index in [0.717, 1.165) is 11.4 Å². The van der Waals surface area contributed by atoms with Gasteiger partial charge >= 0.3 is 0 Å². The van der Waals surface area contributed by atoms with Gasteiger partial charge in [0.05, 0.1) is 24.6 Å². The van der Waals surface area contributed by atoms with Gasteiger partial charge in [-0.05, 0) is 43.3 Å². The summed E-state index contributed by atoms with van der Waals surface area (Å²) in [4.78, 5) is 4.59. The minimum absolute atomic E-state index is 0.00776. The maximum Gasteiger partial charge on any atom is 0.206 e. The van der Waals surface area contributed by atoms with Crippen LogP contribution >= 0.6 is 23.2 Å². The first-order valence-electron chi connectivity index (χ1n) is 8.88. The highest BCUT2D eigenvalue weighted by Gasteiger charge is 2.22. The quantitative estimate of drug-likeness (QED) is 0.449. The number of ether oxygens (including phenoxy) is 1. The summed E-state index contributed by atoms with van der Waals surface area (Å²) in [5.41, 5.74) is 3.91.